The average Bonchev–Trinajstić information content (AvgIpc) is 1.89. The third-order valence-electron chi connectivity index (χ3n) is 1.44. The van der Waals surface area contributed by atoms with Crippen LogP contribution in [0.15, 0.2) is 24.8 Å². The quantitative estimate of drug-likeness (QED) is 0.545. The Balaban J connectivity index is 3.94. The summed E-state index contributed by atoms with van der Waals surface area (Å²) in [6.07, 6.45) is 6.26. The minimum Gasteiger partial charge on any atom is -0.299 e. The van der Waals surface area contributed by atoms with Crippen molar-refractivity contribution < 1.29 is 4.79 Å². The number of allylic oxidation sites excluding steroid dienone is 3. The van der Waals surface area contributed by atoms with E-state index in [1.807, 2.05) is 19.1 Å². The molecular weight excluding hydrogens is 124 g/mol. The summed E-state index contributed by atoms with van der Waals surface area (Å²) >= 11 is 0. The van der Waals surface area contributed by atoms with Crippen LogP contribution < -0.4 is 0 Å². The number of ketones is 1. The Morgan fingerprint density at radius 2 is 2.30 bits per heavy atom. The Morgan fingerprint density at radius 3 is 2.60 bits per heavy atom. The molecule has 0 saturated heterocycles. The van der Waals surface area contributed by atoms with Gasteiger partial charge in [-0.15, -0.1) is 0 Å². The molecule has 0 aromatic rings. The molecular formula is C9H14O. The fourth-order valence-corrected chi connectivity index (χ4v) is 0.772. The SMILES string of the molecule is C=C/C=C\C(CC)C(C)=O. The highest BCUT2D eigenvalue weighted by atomic mass is 16.1. The van der Waals surface area contributed by atoms with Crippen LogP contribution >= 0.6 is 0 Å². The molecule has 0 bridgehead atoms. The summed E-state index contributed by atoms with van der Waals surface area (Å²) < 4.78 is 0. The van der Waals surface area contributed by atoms with Gasteiger partial charge in [-0.25, -0.2) is 0 Å². The number of rotatable bonds is 4. The lowest BCUT2D eigenvalue weighted by atomic mass is 10.0. The Hall–Kier alpha value is -0.850. The largest absolute Gasteiger partial charge is 0.299 e. The van der Waals surface area contributed by atoms with Crippen molar-refractivity contribution in [1.82, 2.24) is 0 Å². The molecule has 1 heteroatoms. The van der Waals surface area contributed by atoms with Gasteiger partial charge in [0.1, 0.15) is 5.78 Å². The molecule has 0 radical (unpaired) electrons. The predicted octanol–water partition coefficient (Wildman–Crippen LogP) is 2.34. The van der Waals surface area contributed by atoms with Gasteiger partial charge >= 0.3 is 0 Å². The fraction of sp³-hybridized carbons (Fsp3) is 0.444. The van der Waals surface area contributed by atoms with E-state index in [2.05, 4.69) is 6.58 Å². The van der Waals surface area contributed by atoms with Crippen LogP contribution in [0.3, 0.4) is 0 Å². The smallest absolute Gasteiger partial charge is 0.136 e. The van der Waals surface area contributed by atoms with E-state index in [1.165, 1.54) is 0 Å². The van der Waals surface area contributed by atoms with Gasteiger partial charge in [-0.2, -0.15) is 0 Å². The summed E-state index contributed by atoms with van der Waals surface area (Å²) in [5.41, 5.74) is 0. The first kappa shape index (κ1) is 9.15. The third kappa shape index (κ3) is 3.23. The number of carbonyl (C=O) groups excluding carboxylic acids is 1. The first-order valence-electron chi connectivity index (χ1n) is 3.52. The second kappa shape index (κ2) is 4.98. The topological polar surface area (TPSA) is 17.1 Å². The van der Waals surface area contributed by atoms with Crippen LogP contribution in [0, 0.1) is 5.92 Å². The predicted molar refractivity (Wildman–Crippen MR) is 43.8 cm³/mol. The van der Waals surface area contributed by atoms with Crippen LogP contribution in [0.25, 0.3) is 0 Å². The van der Waals surface area contributed by atoms with E-state index in [0.29, 0.717) is 0 Å². The highest BCUT2D eigenvalue weighted by Gasteiger charge is 2.05. The molecule has 56 valence electrons. The van der Waals surface area contributed by atoms with Gasteiger partial charge in [0.05, 0.1) is 0 Å². The van der Waals surface area contributed by atoms with Crippen molar-refractivity contribution in [2.75, 3.05) is 0 Å². The minimum atomic E-state index is 0.0815. The second-order valence-electron chi connectivity index (χ2n) is 2.25. The van der Waals surface area contributed by atoms with E-state index < -0.39 is 0 Å². The zero-order valence-corrected chi connectivity index (χ0v) is 6.63. The van der Waals surface area contributed by atoms with Gasteiger partial charge in [0.2, 0.25) is 0 Å². The van der Waals surface area contributed by atoms with Gasteiger partial charge in [0.25, 0.3) is 0 Å². The van der Waals surface area contributed by atoms with E-state index in [1.54, 1.807) is 13.0 Å². The molecule has 0 spiro atoms. The van der Waals surface area contributed by atoms with Crippen molar-refractivity contribution in [2.24, 2.45) is 5.92 Å². The van der Waals surface area contributed by atoms with E-state index in [4.69, 9.17) is 0 Å². The third-order valence-corrected chi connectivity index (χ3v) is 1.44. The Kier molecular flexibility index (Phi) is 4.55. The monoisotopic (exact) mass is 138 g/mol. The van der Waals surface area contributed by atoms with Crippen molar-refractivity contribution >= 4 is 5.78 Å². The molecule has 1 atom stereocenters. The molecule has 1 nitrogen and oxygen atoms in total. The molecule has 0 N–H and O–H groups in total. The summed E-state index contributed by atoms with van der Waals surface area (Å²) in [5.74, 6) is 0.304. The molecule has 0 aliphatic carbocycles. The molecule has 0 aromatic heterocycles. The highest BCUT2D eigenvalue weighted by Crippen LogP contribution is 2.04. The van der Waals surface area contributed by atoms with E-state index in [9.17, 15) is 4.79 Å². The molecule has 1 unspecified atom stereocenters. The van der Waals surface area contributed by atoms with Crippen molar-refractivity contribution in [3.8, 4) is 0 Å². The van der Waals surface area contributed by atoms with E-state index in [-0.39, 0.29) is 11.7 Å². The van der Waals surface area contributed by atoms with Gasteiger partial charge in [0.15, 0.2) is 0 Å². The van der Waals surface area contributed by atoms with Gasteiger partial charge in [-0.3, -0.25) is 4.79 Å². The average molecular weight is 138 g/mol. The lowest BCUT2D eigenvalue weighted by Crippen LogP contribution is -2.05. The number of hydrogen-bond donors (Lipinski definition) is 0. The maximum absolute atomic E-state index is 10.8. The molecule has 0 fully saturated rings. The highest BCUT2D eigenvalue weighted by molar-refractivity contribution is 5.79. The minimum absolute atomic E-state index is 0.0815. The number of Topliss-reactive ketones (excluding diaryl/α,β-unsaturated/α-hetero) is 1. The molecule has 0 aliphatic heterocycles. The number of hydrogen-bond acceptors (Lipinski definition) is 1. The lowest BCUT2D eigenvalue weighted by Gasteiger charge is -2.02. The molecule has 0 aliphatic rings. The van der Waals surface area contributed by atoms with Gasteiger partial charge in [0, 0.05) is 5.92 Å². The Labute approximate surface area is 62.4 Å². The standard InChI is InChI=1S/C9H14O/c1-4-6-7-9(5-2)8(3)10/h4,6-7,9H,1,5H2,2-3H3/b7-6-. The summed E-state index contributed by atoms with van der Waals surface area (Å²) in [5, 5.41) is 0. The second-order valence-corrected chi connectivity index (χ2v) is 2.25. The van der Waals surface area contributed by atoms with E-state index in [0.717, 1.165) is 6.42 Å². The summed E-state index contributed by atoms with van der Waals surface area (Å²) in [6.45, 7) is 7.14. The van der Waals surface area contributed by atoms with Crippen molar-refractivity contribution in [2.45, 2.75) is 20.3 Å². The van der Waals surface area contributed by atoms with E-state index >= 15 is 0 Å². The van der Waals surface area contributed by atoms with Crippen molar-refractivity contribution in [3.05, 3.63) is 24.8 Å². The molecule has 0 rings (SSSR count). The zero-order valence-electron chi connectivity index (χ0n) is 6.63. The Bertz CT molecular complexity index is 145. The summed E-state index contributed by atoms with van der Waals surface area (Å²) in [4.78, 5) is 10.8. The zero-order chi connectivity index (χ0) is 7.98. The maximum atomic E-state index is 10.8. The maximum Gasteiger partial charge on any atom is 0.136 e. The molecule has 10 heavy (non-hydrogen) atoms. The van der Waals surface area contributed by atoms with Crippen LogP contribution in [0.1, 0.15) is 20.3 Å². The molecule has 0 heterocycles. The van der Waals surface area contributed by atoms with Crippen molar-refractivity contribution in [1.29, 1.82) is 0 Å². The first-order valence-corrected chi connectivity index (χ1v) is 3.52. The fourth-order valence-electron chi connectivity index (χ4n) is 0.772. The first-order chi connectivity index (χ1) is 4.72. The van der Waals surface area contributed by atoms with Crippen molar-refractivity contribution in [3.63, 3.8) is 0 Å². The molecule has 0 amide bonds. The Morgan fingerprint density at radius 1 is 1.70 bits per heavy atom. The van der Waals surface area contributed by atoms with Crippen LogP contribution in [0.5, 0.6) is 0 Å². The van der Waals surface area contributed by atoms with Gasteiger partial charge < -0.3 is 0 Å². The van der Waals surface area contributed by atoms with Gasteiger partial charge in [-0.1, -0.05) is 31.7 Å². The molecule has 0 saturated carbocycles. The van der Waals surface area contributed by atoms with Crippen LogP contribution in [-0.2, 0) is 4.79 Å². The number of carbonyl (C=O) groups is 1. The normalized spacial score (nSPS) is 13.4. The summed E-state index contributed by atoms with van der Waals surface area (Å²) in [6, 6.07) is 0. The van der Waals surface area contributed by atoms with Gasteiger partial charge in [-0.05, 0) is 13.3 Å². The lowest BCUT2D eigenvalue weighted by molar-refractivity contribution is -0.119. The summed E-state index contributed by atoms with van der Waals surface area (Å²) in [7, 11) is 0. The molecule has 0 aromatic carbocycles. The van der Waals surface area contributed by atoms with Crippen LogP contribution in [0.4, 0.5) is 0 Å². The van der Waals surface area contributed by atoms with Crippen LogP contribution in [0.2, 0.25) is 0 Å². The van der Waals surface area contributed by atoms with Crippen LogP contribution in [-0.4, -0.2) is 5.78 Å².